The van der Waals surface area contributed by atoms with E-state index in [1.54, 1.807) is 30.3 Å². The van der Waals surface area contributed by atoms with Crippen molar-refractivity contribution in [3.05, 3.63) is 65.6 Å². The first kappa shape index (κ1) is 16.9. The molecule has 122 valence electrons. The molecule has 2 rings (SSSR count). The second kappa shape index (κ2) is 6.74. The Bertz CT molecular complexity index is 787. The average Bonchev–Trinajstić information content (AvgIpc) is 2.44. The Kier molecular flexibility index (Phi) is 4.95. The van der Waals surface area contributed by atoms with Crippen molar-refractivity contribution in [3.63, 3.8) is 0 Å². The molecule has 0 spiro atoms. The molecular weight excluding hydrogens is 331 g/mol. The molecule has 0 unspecified atom stereocenters. The first-order chi connectivity index (χ1) is 10.7. The molecule has 0 heterocycles. The quantitative estimate of drug-likeness (QED) is 0.893. The maximum absolute atomic E-state index is 12.1. The highest BCUT2D eigenvalue weighted by Crippen LogP contribution is 2.25. The van der Waals surface area contributed by atoms with Crippen molar-refractivity contribution in [2.75, 3.05) is 4.72 Å². The molecule has 0 amide bonds. The van der Waals surface area contributed by atoms with E-state index in [4.69, 9.17) is 0 Å². The Morgan fingerprint density at radius 3 is 2.35 bits per heavy atom. The van der Waals surface area contributed by atoms with Crippen molar-refractivity contribution >= 4 is 21.8 Å². The van der Waals surface area contributed by atoms with Crippen molar-refractivity contribution in [1.82, 2.24) is 0 Å². The van der Waals surface area contributed by atoms with E-state index in [1.807, 2.05) is 0 Å². The van der Waals surface area contributed by atoms with Gasteiger partial charge in [-0.3, -0.25) is 4.72 Å². The molecule has 0 aliphatic heterocycles. The number of halogens is 3. The number of nitrogens with one attached hydrogen (secondary N) is 1. The molecule has 0 saturated carbocycles. The Morgan fingerprint density at radius 2 is 1.70 bits per heavy atom. The summed E-state index contributed by atoms with van der Waals surface area (Å²) in [6.07, 6.45) is -3.47. The zero-order valence-corrected chi connectivity index (χ0v) is 12.4. The third kappa shape index (κ3) is 6.03. The van der Waals surface area contributed by atoms with Crippen molar-refractivity contribution in [2.24, 2.45) is 0 Å². The molecule has 0 aromatic heterocycles. The first-order valence-electron chi connectivity index (χ1n) is 6.35. The van der Waals surface area contributed by atoms with E-state index < -0.39 is 22.1 Å². The van der Waals surface area contributed by atoms with Gasteiger partial charge in [0.2, 0.25) is 0 Å². The van der Waals surface area contributed by atoms with Gasteiger partial charge in [0.15, 0.2) is 0 Å². The summed E-state index contributed by atoms with van der Waals surface area (Å²) in [6, 6.07) is 13.3. The fourth-order valence-corrected chi connectivity index (χ4v) is 2.55. The standard InChI is InChI=1S/C15H12F3NO3S/c16-15(17,18)22-14-8-4-7-13(11-14)19-23(20,21)10-9-12-5-2-1-3-6-12/h1-11,19H/b10-9+. The lowest BCUT2D eigenvalue weighted by Crippen LogP contribution is -2.17. The summed E-state index contributed by atoms with van der Waals surface area (Å²) in [5.74, 6) is -0.510. The van der Waals surface area contributed by atoms with Crippen LogP contribution >= 0.6 is 0 Å². The van der Waals surface area contributed by atoms with Gasteiger partial charge in [0.25, 0.3) is 10.0 Å². The fraction of sp³-hybridized carbons (Fsp3) is 0.0667. The molecule has 0 aliphatic carbocycles. The van der Waals surface area contributed by atoms with Crippen LogP contribution in [0.25, 0.3) is 6.08 Å². The van der Waals surface area contributed by atoms with Crippen LogP contribution in [0.2, 0.25) is 0 Å². The molecule has 1 N–H and O–H groups in total. The lowest BCUT2D eigenvalue weighted by atomic mass is 10.2. The molecule has 2 aromatic rings. The van der Waals surface area contributed by atoms with E-state index in [0.29, 0.717) is 5.56 Å². The first-order valence-corrected chi connectivity index (χ1v) is 7.90. The van der Waals surface area contributed by atoms with Crippen LogP contribution in [0.5, 0.6) is 5.75 Å². The van der Waals surface area contributed by atoms with Crippen LogP contribution in [-0.2, 0) is 10.0 Å². The number of alkyl halides is 3. The summed E-state index contributed by atoms with van der Waals surface area (Å²) in [5.41, 5.74) is 0.636. The molecular formula is C15H12F3NO3S. The summed E-state index contributed by atoms with van der Waals surface area (Å²) in [6.45, 7) is 0. The van der Waals surface area contributed by atoms with E-state index in [9.17, 15) is 21.6 Å². The van der Waals surface area contributed by atoms with Crippen LogP contribution in [0.3, 0.4) is 0 Å². The summed E-state index contributed by atoms with van der Waals surface area (Å²) in [7, 11) is -3.86. The average molecular weight is 343 g/mol. The lowest BCUT2D eigenvalue weighted by molar-refractivity contribution is -0.274. The van der Waals surface area contributed by atoms with E-state index in [0.717, 1.165) is 17.5 Å². The minimum absolute atomic E-state index is 0.0375. The van der Waals surface area contributed by atoms with Gasteiger partial charge < -0.3 is 4.74 Å². The molecule has 4 nitrogen and oxygen atoms in total. The number of sulfonamides is 1. The van der Waals surface area contributed by atoms with Crippen LogP contribution in [0.4, 0.5) is 18.9 Å². The highest BCUT2D eigenvalue weighted by molar-refractivity contribution is 7.95. The fourth-order valence-electron chi connectivity index (χ4n) is 1.69. The molecule has 0 fully saturated rings. The van der Waals surface area contributed by atoms with Gasteiger partial charge in [0.1, 0.15) is 5.75 Å². The molecule has 0 atom stereocenters. The minimum atomic E-state index is -4.84. The Balaban J connectivity index is 2.11. The third-order valence-electron chi connectivity index (χ3n) is 2.57. The molecule has 0 aliphatic rings. The van der Waals surface area contributed by atoms with Crippen LogP contribution in [-0.4, -0.2) is 14.8 Å². The predicted molar refractivity (Wildman–Crippen MR) is 81.1 cm³/mol. The summed E-state index contributed by atoms with van der Waals surface area (Å²) in [4.78, 5) is 0. The lowest BCUT2D eigenvalue weighted by Gasteiger charge is -2.10. The van der Waals surface area contributed by atoms with Crippen LogP contribution in [0.1, 0.15) is 5.56 Å². The Morgan fingerprint density at radius 1 is 1.00 bits per heavy atom. The summed E-state index contributed by atoms with van der Waals surface area (Å²) < 4.78 is 66.1. The normalized spacial score (nSPS) is 12.3. The zero-order chi connectivity index (χ0) is 16.9. The smallest absolute Gasteiger partial charge is 0.406 e. The minimum Gasteiger partial charge on any atom is -0.406 e. The van der Waals surface area contributed by atoms with E-state index in [1.165, 1.54) is 18.2 Å². The van der Waals surface area contributed by atoms with E-state index >= 15 is 0 Å². The number of anilines is 1. The summed E-state index contributed by atoms with van der Waals surface area (Å²) >= 11 is 0. The van der Waals surface area contributed by atoms with Crippen molar-refractivity contribution in [2.45, 2.75) is 6.36 Å². The number of benzene rings is 2. The second-order valence-corrected chi connectivity index (χ2v) is 6.00. The molecule has 0 radical (unpaired) electrons. The molecule has 23 heavy (non-hydrogen) atoms. The van der Waals surface area contributed by atoms with Gasteiger partial charge in [-0.25, -0.2) is 8.42 Å². The molecule has 2 aromatic carbocycles. The number of hydrogen-bond acceptors (Lipinski definition) is 3. The third-order valence-corrected chi connectivity index (χ3v) is 3.58. The predicted octanol–water partition coefficient (Wildman–Crippen LogP) is 4.00. The Hall–Kier alpha value is -2.48. The van der Waals surface area contributed by atoms with E-state index in [2.05, 4.69) is 9.46 Å². The SMILES string of the molecule is O=S(=O)(/C=C/c1ccccc1)Nc1cccc(OC(F)(F)F)c1. The maximum atomic E-state index is 12.1. The Labute approximate surface area is 131 Å². The monoisotopic (exact) mass is 343 g/mol. The largest absolute Gasteiger partial charge is 0.573 e. The molecule has 0 bridgehead atoms. The van der Waals surface area contributed by atoms with Crippen LogP contribution < -0.4 is 9.46 Å². The van der Waals surface area contributed by atoms with Gasteiger partial charge in [-0.2, -0.15) is 0 Å². The van der Waals surface area contributed by atoms with Gasteiger partial charge >= 0.3 is 6.36 Å². The van der Waals surface area contributed by atoms with Crippen LogP contribution in [0, 0.1) is 0 Å². The second-order valence-electron chi connectivity index (χ2n) is 4.44. The van der Waals surface area contributed by atoms with Gasteiger partial charge in [-0.05, 0) is 23.8 Å². The number of hydrogen-bond donors (Lipinski definition) is 1. The highest BCUT2D eigenvalue weighted by Gasteiger charge is 2.31. The van der Waals surface area contributed by atoms with Crippen molar-refractivity contribution < 1.29 is 26.3 Å². The maximum Gasteiger partial charge on any atom is 0.573 e. The zero-order valence-electron chi connectivity index (χ0n) is 11.6. The van der Waals surface area contributed by atoms with Crippen molar-refractivity contribution in [3.8, 4) is 5.75 Å². The van der Waals surface area contributed by atoms with Gasteiger partial charge in [0.05, 0.1) is 11.1 Å². The number of rotatable bonds is 5. The molecule has 8 heteroatoms. The summed E-state index contributed by atoms with van der Waals surface area (Å²) in [5, 5.41) is 0.930. The van der Waals surface area contributed by atoms with E-state index in [-0.39, 0.29) is 5.69 Å². The van der Waals surface area contributed by atoms with Gasteiger partial charge in [-0.1, -0.05) is 36.4 Å². The van der Waals surface area contributed by atoms with Crippen molar-refractivity contribution in [1.29, 1.82) is 0 Å². The number of ether oxygens (including phenoxy) is 1. The molecule has 0 saturated heterocycles. The highest BCUT2D eigenvalue weighted by atomic mass is 32.2. The van der Waals surface area contributed by atoms with Crippen LogP contribution in [0.15, 0.2) is 60.0 Å². The van der Waals surface area contributed by atoms with Gasteiger partial charge in [0, 0.05) is 6.07 Å². The topological polar surface area (TPSA) is 55.4 Å². The van der Waals surface area contributed by atoms with Gasteiger partial charge in [-0.15, -0.1) is 13.2 Å².